The molecule has 0 saturated heterocycles. The predicted octanol–water partition coefficient (Wildman–Crippen LogP) is 3.52. The van der Waals surface area contributed by atoms with E-state index >= 15 is 0 Å². The van der Waals surface area contributed by atoms with Gasteiger partial charge in [0.2, 0.25) is 5.91 Å². The third-order valence-electron chi connectivity index (χ3n) is 2.93. The van der Waals surface area contributed by atoms with Gasteiger partial charge in [-0.05, 0) is 32.4 Å². The van der Waals surface area contributed by atoms with Gasteiger partial charge in [0.25, 0.3) is 0 Å². The summed E-state index contributed by atoms with van der Waals surface area (Å²) in [5, 5.41) is 7.19. The van der Waals surface area contributed by atoms with Crippen molar-refractivity contribution in [1.29, 1.82) is 0 Å². The van der Waals surface area contributed by atoms with Crippen molar-refractivity contribution in [1.82, 2.24) is 5.16 Å². The molecular formula is C14H15ClN2O2. The van der Waals surface area contributed by atoms with Gasteiger partial charge in [0.1, 0.15) is 5.76 Å². The topological polar surface area (TPSA) is 55.1 Å². The molecule has 4 nitrogen and oxygen atoms in total. The molecule has 1 aromatic carbocycles. The van der Waals surface area contributed by atoms with E-state index < -0.39 is 0 Å². The van der Waals surface area contributed by atoms with Crippen LogP contribution in [0.3, 0.4) is 0 Å². The highest BCUT2D eigenvalue weighted by Crippen LogP contribution is 2.21. The molecule has 5 heteroatoms. The minimum atomic E-state index is -0.0758. The lowest BCUT2D eigenvalue weighted by Crippen LogP contribution is -2.12. The fourth-order valence-electron chi connectivity index (χ4n) is 1.87. The summed E-state index contributed by atoms with van der Waals surface area (Å²) in [5.74, 6) is 0.691. The van der Waals surface area contributed by atoms with Crippen molar-refractivity contribution in [3.8, 4) is 0 Å². The van der Waals surface area contributed by atoms with Gasteiger partial charge in [-0.1, -0.05) is 28.9 Å². The van der Waals surface area contributed by atoms with Gasteiger partial charge in [-0.15, -0.1) is 0 Å². The van der Waals surface area contributed by atoms with Crippen LogP contribution in [0.2, 0.25) is 5.02 Å². The third kappa shape index (κ3) is 3.35. The van der Waals surface area contributed by atoms with Gasteiger partial charge in [0.05, 0.1) is 16.4 Å². The Balaban J connectivity index is 1.94. The molecule has 0 fully saturated rings. The molecule has 2 aromatic rings. The Hall–Kier alpha value is -1.81. The number of aryl methyl sites for hydroxylation is 2. The average Bonchev–Trinajstić information content (AvgIpc) is 2.70. The molecule has 1 N–H and O–H groups in total. The highest BCUT2D eigenvalue weighted by Gasteiger charge is 2.11. The minimum absolute atomic E-state index is 0.0758. The number of carbonyl (C=O) groups is 1. The Morgan fingerprint density at radius 2 is 2.11 bits per heavy atom. The highest BCUT2D eigenvalue weighted by molar-refractivity contribution is 6.33. The number of amides is 1. The molecule has 0 saturated carbocycles. The second kappa shape index (κ2) is 5.89. The maximum atomic E-state index is 11.9. The summed E-state index contributed by atoms with van der Waals surface area (Å²) < 4.78 is 5.06. The van der Waals surface area contributed by atoms with Gasteiger partial charge in [-0.2, -0.15) is 0 Å². The molecule has 0 aliphatic carbocycles. The number of benzene rings is 1. The summed E-state index contributed by atoms with van der Waals surface area (Å²) in [6.45, 7) is 3.72. The van der Waals surface area contributed by atoms with Crippen molar-refractivity contribution in [2.24, 2.45) is 0 Å². The molecule has 0 bridgehead atoms. The average molecular weight is 279 g/mol. The normalized spacial score (nSPS) is 10.5. The molecule has 19 heavy (non-hydrogen) atoms. The zero-order valence-electron chi connectivity index (χ0n) is 10.9. The summed E-state index contributed by atoms with van der Waals surface area (Å²) in [5.41, 5.74) is 2.46. The first-order chi connectivity index (χ1) is 9.08. The molecule has 2 rings (SSSR count). The molecule has 0 unspecified atom stereocenters. The van der Waals surface area contributed by atoms with Gasteiger partial charge in [-0.3, -0.25) is 4.79 Å². The standard InChI is InChI=1S/C14H15ClN2O2/c1-9-11(10(2)19-17-9)7-8-14(18)16-13-6-4-3-5-12(13)15/h3-6H,7-8H2,1-2H3,(H,16,18). The van der Waals surface area contributed by atoms with Crippen LogP contribution in [0.5, 0.6) is 0 Å². The monoisotopic (exact) mass is 278 g/mol. The van der Waals surface area contributed by atoms with Crippen molar-refractivity contribution in [2.45, 2.75) is 26.7 Å². The summed E-state index contributed by atoms with van der Waals surface area (Å²) in [7, 11) is 0. The van der Waals surface area contributed by atoms with Crippen molar-refractivity contribution >= 4 is 23.2 Å². The lowest BCUT2D eigenvalue weighted by atomic mass is 10.1. The van der Waals surface area contributed by atoms with Crippen molar-refractivity contribution < 1.29 is 9.32 Å². The molecule has 0 atom stereocenters. The van der Waals surface area contributed by atoms with E-state index in [9.17, 15) is 4.79 Å². The van der Waals surface area contributed by atoms with Crippen molar-refractivity contribution in [3.05, 3.63) is 46.3 Å². The van der Waals surface area contributed by atoms with E-state index in [1.807, 2.05) is 26.0 Å². The zero-order chi connectivity index (χ0) is 13.8. The van der Waals surface area contributed by atoms with Crippen molar-refractivity contribution in [2.75, 3.05) is 5.32 Å². The van der Waals surface area contributed by atoms with E-state index in [-0.39, 0.29) is 5.91 Å². The molecule has 0 aliphatic rings. The number of nitrogens with one attached hydrogen (secondary N) is 1. The molecule has 1 heterocycles. The molecule has 100 valence electrons. The van der Waals surface area contributed by atoms with Crippen LogP contribution in [-0.4, -0.2) is 11.1 Å². The summed E-state index contributed by atoms with van der Waals surface area (Å²) in [4.78, 5) is 11.9. The number of hydrogen-bond acceptors (Lipinski definition) is 3. The Kier molecular flexibility index (Phi) is 4.22. The fourth-order valence-corrected chi connectivity index (χ4v) is 2.06. The van der Waals surface area contributed by atoms with Gasteiger partial charge in [0.15, 0.2) is 0 Å². The van der Waals surface area contributed by atoms with Crippen LogP contribution in [0.15, 0.2) is 28.8 Å². The maximum absolute atomic E-state index is 11.9. The first kappa shape index (κ1) is 13.6. The van der Waals surface area contributed by atoms with E-state index in [1.165, 1.54) is 0 Å². The first-order valence-electron chi connectivity index (χ1n) is 6.04. The molecule has 1 aromatic heterocycles. The van der Waals surface area contributed by atoms with E-state index in [4.69, 9.17) is 16.1 Å². The highest BCUT2D eigenvalue weighted by atomic mass is 35.5. The number of rotatable bonds is 4. The van der Waals surface area contributed by atoms with E-state index in [2.05, 4.69) is 10.5 Å². The molecule has 0 spiro atoms. The number of anilines is 1. The summed E-state index contributed by atoms with van der Waals surface area (Å²) in [6, 6.07) is 7.17. The van der Waals surface area contributed by atoms with Crippen LogP contribution in [-0.2, 0) is 11.2 Å². The second-order valence-corrected chi connectivity index (χ2v) is 4.74. The van der Waals surface area contributed by atoms with Gasteiger partial charge in [0, 0.05) is 12.0 Å². The SMILES string of the molecule is Cc1noc(C)c1CCC(=O)Nc1ccccc1Cl. The quantitative estimate of drug-likeness (QED) is 0.931. The lowest BCUT2D eigenvalue weighted by Gasteiger charge is -2.06. The van der Waals surface area contributed by atoms with E-state index in [0.29, 0.717) is 23.6 Å². The number of nitrogens with zero attached hydrogens (tertiary/aromatic N) is 1. The number of para-hydroxylation sites is 1. The molecule has 1 amide bonds. The van der Waals surface area contributed by atoms with Gasteiger partial charge >= 0.3 is 0 Å². The van der Waals surface area contributed by atoms with Gasteiger partial charge in [-0.25, -0.2) is 0 Å². The smallest absolute Gasteiger partial charge is 0.224 e. The van der Waals surface area contributed by atoms with E-state index in [1.54, 1.807) is 12.1 Å². The minimum Gasteiger partial charge on any atom is -0.361 e. The molecule has 0 radical (unpaired) electrons. The summed E-state index contributed by atoms with van der Waals surface area (Å²) in [6.07, 6.45) is 0.978. The third-order valence-corrected chi connectivity index (χ3v) is 3.26. The zero-order valence-corrected chi connectivity index (χ0v) is 11.6. The Morgan fingerprint density at radius 1 is 1.37 bits per heavy atom. The fraction of sp³-hybridized carbons (Fsp3) is 0.286. The van der Waals surface area contributed by atoms with Gasteiger partial charge < -0.3 is 9.84 Å². The summed E-state index contributed by atoms with van der Waals surface area (Å²) >= 11 is 5.98. The Labute approximate surface area is 116 Å². The van der Waals surface area contributed by atoms with Crippen LogP contribution in [0.1, 0.15) is 23.4 Å². The number of aromatic nitrogens is 1. The van der Waals surface area contributed by atoms with Crippen LogP contribution in [0.4, 0.5) is 5.69 Å². The Bertz CT molecular complexity index is 573. The maximum Gasteiger partial charge on any atom is 0.224 e. The lowest BCUT2D eigenvalue weighted by molar-refractivity contribution is -0.116. The first-order valence-corrected chi connectivity index (χ1v) is 6.42. The molecule has 0 aliphatic heterocycles. The number of hydrogen-bond donors (Lipinski definition) is 1. The largest absolute Gasteiger partial charge is 0.361 e. The van der Waals surface area contributed by atoms with Crippen LogP contribution < -0.4 is 5.32 Å². The van der Waals surface area contributed by atoms with Crippen molar-refractivity contribution in [3.63, 3.8) is 0 Å². The number of carbonyl (C=O) groups excluding carboxylic acids is 1. The van der Waals surface area contributed by atoms with Crippen LogP contribution >= 0.6 is 11.6 Å². The van der Waals surface area contributed by atoms with E-state index in [0.717, 1.165) is 17.0 Å². The molecular weight excluding hydrogens is 264 g/mol. The Morgan fingerprint density at radius 3 is 2.74 bits per heavy atom. The van der Waals surface area contributed by atoms with Crippen LogP contribution in [0.25, 0.3) is 0 Å². The second-order valence-electron chi connectivity index (χ2n) is 4.33. The number of halogens is 1. The predicted molar refractivity (Wildman–Crippen MR) is 74.4 cm³/mol. The van der Waals surface area contributed by atoms with Crippen LogP contribution in [0, 0.1) is 13.8 Å².